The van der Waals surface area contributed by atoms with Crippen LogP contribution in [0.3, 0.4) is 0 Å². The molecule has 0 spiro atoms. The van der Waals surface area contributed by atoms with E-state index in [0.717, 1.165) is 0 Å². The smallest absolute Gasteiger partial charge is 0.550 e. The average Bonchev–Trinajstić information content (AvgIpc) is 2.13. The molecule has 19 heavy (non-hydrogen) atoms. The van der Waals surface area contributed by atoms with Crippen molar-refractivity contribution in [2.75, 3.05) is 0 Å². The zero-order valence-electron chi connectivity index (χ0n) is 10.3. The van der Waals surface area contributed by atoms with Crippen LogP contribution in [0.1, 0.15) is 12.8 Å². The molecule has 2 N–H and O–H groups in total. The third-order valence-corrected chi connectivity index (χ3v) is 1.58. The van der Waals surface area contributed by atoms with E-state index in [0.29, 0.717) is 0 Å². The van der Waals surface area contributed by atoms with Gasteiger partial charge in [0.15, 0.2) is 6.10 Å². The van der Waals surface area contributed by atoms with Gasteiger partial charge >= 0.3 is 71.1 Å². The molecule has 9 nitrogen and oxygen atoms in total. The van der Waals surface area contributed by atoms with Gasteiger partial charge in [0.25, 0.3) is 0 Å². The summed E-state index contributed by atoms with van der Waals surface area (Å²) < 4.78 is 4.33. The van der Waals surface area contributed by atoms with Crippen LogP contribution < -0.4 is 69.3 Å². The first-order valence-corrected chi connectivity index (χ1v) is 4.24. The molecular formula is C8H8Na2O9. The Morgan fingerprint density at radius 1 is 0.947 bits per heavy atom. The van der Waals surface area contributed by atoms with Crippen LogP contribution in [0.15, 0.2) is 0 Å². The van der Waals surface area contributed by atoms with Crippen LogP contribution in [0.4, 0.5) is 0 Å². The standard InChI is InChI=1S/C8H10O9.2Na/c9-5(10)1-3(7(13)14)17-4(8(15)16)2-6(11)12;;/h3-4H,1-2H2,(H,9,10)(H,11,12)(H,13,14)(H,15,16);;/q;2*+1/p-2. The van der Waals surface area contributed by atoms with Crippen molar-refractivity contribution in [3.63, 3.8) is 0 Å². The summed E-state index contributed by atoms with van der Waals surface area (Å²) >= 11 is 0. The molecule has 0 saturated heterocycles. The number of carboxylic acids is 4. The predicted octanol–water partition coefficient (Wildman–Crippen LogP) is -9.80. The van der Waals surface area contributed by atoms with E-state index in [1.54, 1.807) is 0 Å². The molecule has 2 atom stereocenters. The summed E-state index contributed by atoms with van der Waals surface area (Å²) in [6, 6.07) is 0. The van der Waals surface area contributed by atoms with Gasteiger partial charge in [-0.25, -0.2) is 4.79 Å². The van der Waals surface area contributed by atoms with Crippen molar-refractivity contribution < 1.29 is 103 Å². The minimum atomic E-state index is -2.08. The second-order valence-electron chi connectivity index (χ2n) is 2.94. The van der Waals surface area contributed by atoms with E-state index in [2.05, 4.69) is 4.74 Å². The van der Waals surface area contributed by atoms with E-state index in [9.17, 15) is 29.4 Å². The first-order chi connectivity index (χ1) is 7.73. The Balaban J connectivity index is -0.00000128. The van der Waals surface area contributed by atoms with Crippen molar-refractivity contribution in [2.45, 2.75) is 25.0 Å². The van der Waals surface area contributed by atoms with Crippen LogP contribution >= 0.6 is 0 Å². The Labute approximate surface area is 151 Å². The van der Waals surface area contributed by atoms with Crippen LogP contribution in [0, 0.1) is 0 Å². The maximum absolute atomic E-state index is 10.5. The molecule has 0 fully saturated rings. The van der Waals surface area contributed by atoms with Crippen LogP contribution in [-0.4, -0.2) is 46.3 Å². The largest absolute Gasteiger partial charge is 1.00 e. The molecule has 0 aromatic carbocycles. The van der Waals surface area contributed by atoms with E-state index >= 15 is 0 Å². The molecule has 11 heteroatoms. The Kier molecular flexibility index (Phi) is 14.7. The van der Waals surface area contributed by atoms with Gasteiger partial charge in [-0.2, -0.15) is 0 Å². The topological polar surface area (TPSA) is 164 Å². The molecule has 0 bridgehead atoms. The van der Waals surface area contributed by atoms with Gasteiger partial charge in [-0.3, -0.25) is 4.79 Å². The molecule has 0 saturated carbocycles. The maximum Gasteiger partial charge on any atom is 1.00 e. The quantitative estimate of drug-likeness (QED) is 0.413. The Morgan fingerprint density at radius 3 is 1.68 bits per heavy atom. The number of hydrogen-bond donors (Lipinski definition) is 2. The van der Waals surface area contributed by atoms with Crippen LogP contribution in [0.25, 0.3) is 0 Å². The first-order valence-electron chi connectivity index (χ1n) is 4.24. The summed E-state index contributed by atoms with van der Waals surface area (Å²) in [5.41, 5.74) is 0. The molecular weight excluding hydrogens is 286 g/mol. The van der Waals surface area contributed by atoms with E-state index in [4.69, 9.17) is 10.2 Å². The van der Waals surface area contributed by atoms with Crippen LogP contribution in [0.5, 0.6) is 0 Å². The summed E-state index contributed by atoms with van der Waals surface area (Å²) in [5, 5.41) is 37.4. The molecule has 0 aliphatic carbocycles. The number of aliphatic carboxylic acids is 4. The Morgan fingerprint density at radius 2 is 1.42 bits per heavy atom. The van der Waals surface area contributed by atoms with Gasteiger partial charge in [0.1, 0.15) is 6.10 Å². The minimum absolute atomic E-state index is 0. The van der Waals surface area contributed by atoms with E-state index in [-0.39, 0.29) is 59.1 Å². The third kappa shape index (κ3) is 11.4. The maximum atomic E-state index is 10.5. The van der Waals surface area contributed by atoms with E-state index < -0.39 is 48.9 Å². The zero-order chi connectivity index (χ0) is 13.6. The molecule has 0 aliphatic rings. The monoisotopic (exact) mass is 294 g/mol. The van der Waals surface area contributed by atoms with Gasteiger partial charge in [0.2, 0.25) is 0 Å². The molecule has 96 valence electrons. The van der Waals surface area contributed by atoms with Gasteiger partial charge < -0.3 is 34.8 Å². The normalized spacial score (nSPS) is 12.2. The molecule has 2 unspecified atom stereocenters. The van der Waals surface area contributed by atoms with Gasteiger partial charge in [0.05, 0.1) is 12.4 Å². The summed E-state index contributed by atoms with van der Waals surface area (Å²) in [6.07, 6.45) is -6.20. The van der Waals surface area contributed by atoms with E-state index in [1.807, 2.05) is 0 Å². The number of carboxylic acid groups (broad SMARTS) is 4. The molecule has 0 amide bonds. The summed E-state index contributed by atoms with van der Waals surface area (Å²) in [7, 11) is 0. The number of hydrogen-bond acceptors (Lipinski definition) is 7. The first kappa shape index (κ1) is 23.9. The second-order valence-corrected chi connectivity index (χ2v) is 2.94. The van der Waals surface area contributed by atoms with Gasteiger partial charge in [-0.15, -0.1) is 0 Å². The fourth-order valence-electron chi connectivity index (χ4n) is 0.889. The van der Waals surface area contributed by atoms with Crippen LogP contribution in [0.2, 0.25) is 0 Å². The number of carbonyl (C=O) groups is 4. The number of rotatable bonds is 8. The predicted molar refractivity (Wildman–Crippen MR) is 43.2 cm³/mol. The van der Waals surface area contributed by atoms with Crippen molar-refractivity contribution in [3.05, 3.63) is 0 Å². The minimum Gasteiger partial charge on any atom is -0.550 e. The molecule has 0 aliphatic heterocycles. The molecule has 0 radical (unpaired) electrons. The van der Waals surface area contributed by atoms with Crippen molar-refractivity contribution in [3.8, 4) is 0 Å². The summed E-state index contributed by atoms with van der Waals surface area (Å²) in [4.78, 5) is 41.3. The van der Waals surface area contributed by atoms with Gasteiger partial charge in [0, 0.05) is 12.4 Å². The summed E-state index contributed by atoms with van der Waals surface area (Å²) in [5.74, 6) is -7.02. The third-order valence-electron chi connectivity index (χ3n) is 1.58. The van der Waals surface area contributed by atoms with E-state index in [1.165, 1.54) is 0 Å². The number of carbonyl (C=O) groups excluding carboxylic acids is 2. The Hall–Kier alpha value is -0.160. The van der Waals surface area contributed by atoms with Gasteiger partial charge in [-0.1, -0.05) is 0 Å². The molecule has 0 aromatic rings. The molecule has 0 aromatic heterocycles. The second kappa shape index (κ2) is 11.6. The van der Waals surface area contributed by atoms with Gasteiger partial charge in [-0.05, 0) is 0 Å². The SMILES string of the molecule is O=C([O-])CC(OC(CC(=O)O)C(=O)O)C(=O)[O-].[Na+].[Na+]. The van der Waals surface area contributed by atoms with Crippen molar-refractivity contribution in [2.24, 2.45) is 0 Å². The fourth-order valence-corrected chi connectivity index (χ4v) is 0.889. The Bertz CT molecular complexity index is 311. The zero-order valence-corrected chi connectivity index (χ0v) is 14.3. The van der Waals surface area contributed by atoms with Crippen molar-refractivity contribution in [1.29, 1.82) is 0 Å². The van der Waals surface area contributed by atoms with Crippen molar-refractivity contribution >= 4 is 23.9 Å². The fraction of sp³-hybridized carbons (Fsp3) is 0.500. The molecule has 0 rings (SSSR count). The van der Waals surface area contributed by atoms with Crippen molar-refractivity contribution in [1.82, 2.24) is 0 Å². The average molecular weight is 294 g/mol. The molecule has 0 heterocycles. The van der Waals surface area contributed by atoms with Crippen LogP contribution in [-0.2, 0) is 23.9 Å². The summed E-state index contributed by atoms with van der Waals surface area (Å²) in [6.45, 7) is 0. The number of ether oxygens (including phenoxy) is 1.